The Balaban J connectivity index is 1.50. The molecule has 0 aliphatic heterocycles. The van der Waals surface area contributed by atoms with Crippen LogP contribution < -0.4 is 10.1 Å². The van der Waals surface area contributed by atoms with E-state index in [1.54, 1.807) is 25.7 Å². The van der Waals surface area contributed by atoms with Crippen LogP contribution in [0.5, 0.6) is 5.75 Å². The summed E-state index contributed by atoms with van der Waals surface area (Å²) in [6.07, 6.45) is 5.02. The monoisotopic (exact) mass is 472 g/mol. The first-order valence-electron chi connectivity index (χ1n) is 10.0. The Labute approximate surface area is 198 Å². The van der Waals surface area contributed by atoms with Crippen LogP contribution >= 0.6 is 22.9 Å². The van der Waals surface area contributed by atoms with E-state index >= 15 is 0 Å². The number of carbonyl (C=O) groups excluding carboxylic acids is 1. The standard InChI is InChI=1S/C25H17ClN4O2S/c1-32-19-8-9-21-22(12-19)33-25(29-21)30-24(31)17-11-20(16-3-2-10-27-13-16)23(28-14-17)15-4-6-18(26)7-5-15/h2-14H,1H3,(H,29,30,31). The highest BCUT2D eigenvalue weighted by Gasteiger charge is 2.16. The average molecular weight is 473 g/mol. The van der Waals surface area contributed by atoms with Gasteiger partial charge in [0.2, 0.25) is 0 Å². The Morgan fingerprint density at radius 2 is 1.88 bits per heavy atom. The van der Waals surface area contributed by atoms with Gasteiger partial charge in [-0.15, -0.1) is 0 Å². The van der Waals surface area contributed by atoms with Crippen molar-refractivity contribution in [2.45, 2.75) is 0 Å². The summed E-state index contributed by atoms with van der Waals surface area (Å²) in [5.74, 6) is 0.452. The number of amides is 1. The number of aromatic nitrogens is 3. The van der Waals surface area contributed by atoms with Crippen LogP contribution in [0.3, 0.4) is 0 Å². The van der Waals surface area contributed by atoms with E-state index in [0.29, 0.717) is 15.7 Å². The summed E-state index contributed by atoms with van der Waals surface area (Å²) >= 11 is 7.44. The molecule has 3 heterocycles. The van der Waals surface area contributed by atoms with E-state index in [1.165, 1.54) is 11.3 Å². The van der Waals surface area contributed by atoms with Crippen molar-refractivity contribution in [1.82, 2.24) is 15.0 Å². The first-order chi connectivity index (χ1) is 16.1. The second-order valence-electron chi connectivity index (χ2n) is 7.18. The lowest BCUT2D eigenvalue weighted by molar-refractivity contribution is 0.102. The van der Waals surface area contributed by atoms with Crippen molar-refractivity contribution >= 4 is 44.2 Å². The molecule has 0 fully saturated rings. The highest BCUT2D eigenvalue weighted by Crippen LogP contribution is 2.33. The Hall–Kier alpha value is -3.81. The molecule has 0 radical (unpaired) electrons. The maximum absolute atomic E-state index is 13.0. The van der Waals surface area contributed by atoms with Gasteiger partial charge in [0, 0.05) is 40.3 Å². The summed E-state index contributed by atoms with van der Waals surface area (Å²) in [7, 11) is 1.62. The number of fused-ring (bicyclic) bond motifs is 1. The van der Waals surface area contributed by atoms with Gasteiger partial charge in [-0.2, -0.15) is 0 Å². The van der Waals surface area contributed by atoms with Crippen LogP contribution in [0.2, 0.25) is 5.02 Å². The SMILES string of the molecule is COc1ccc2nc(NC(=O)c3cnc(-c4ccc(Cl)cc4)c(-c4cccnc4)c3)sc2c1. The minimum Gasteiger partial charge on any atom is -0.497 e. The number of methoxy groups -OCH3 is 1. The van der Waals surface area contributed by atoms with Gasteiger partial charge in [-0.05, 0) is 42.5 Å². The Morgan fingerprint density at radius 3 is 2.64 bits per heavy atom. The molecule has 0 atom stereocenters. The van der Waals surface area contributed by atoms with Crippen molar-refractivity contribution in [3.63, 3.8) is 0 Å². The number of anilines is 1. The zero-order valence-electron chi connectivity index (χ0n) is 17.4. The first-order valence-corrected chi connectivity index (χ1v) is 11.2. The molecule has 0 unspecified atom stereocenters. The smallest absolute Gasteiger partial charge is 0.259 e. The molecule has 33 heavy (non-hydrogen) atoms. The molecule has 0 saturated carbocycles. The number of hydrogen-bond acceptors (Lipinski definition) is 6. The van der Waals surface area contributed by atoms with Crippen LogP contribution in [0.4, 0.5) is 5.13 Å². The van der Waals surface area contributed by atoms with Gasteiger partial charge in [0.15, 0.2) is 5.13 Å². The molecule has 8 heteroatoms. The number of thiazole rings is 1. The van der Waals surface area contributed by atoms with Crippen LogP contribution in [0.25, 0.3) is 32.6 Å². The third kappa shape index (κ3) is 4.41. The topological polar surface area (TPSA) is 77.0 Å². The van der Waals surface area contributed by atoms with E-state index in [1.807, 2.05) is 60.7 Å². The quantitative estimate of drug-likeness (QED) is 0.323. The molecule has 0 spiro atoms. The first kappa shape index (κ1) is 21.1. The van der Waals surface area contributed by atoms with Gasteiger partial charge >= 0.3 is 0 Å². The molecule has 0 bridgehead atoms. The fraction of sp³-hybridized carbons (Fsp3) is 0.0400. The number of nitrogens with zero attached hydrogens (tertiary/aromatic N) is 3. The van der Waals surface area contributed by atoms with Crippen LogP contribution in [0.15, 0.2) is 79.3 Å². The second kappa shape index (κ2) is 8.97. The largest absolute Gasteiger partial charge is 0.497 e. The van der Waals surface area contributed by atoms with Gasteiger partial charge in [0.1, 0.15) is 5.75 Å². The van der Waals surface area contributed by atoms with Crippen molar-refractivity contribution in [2.75, 3.05) is 12.4 Å². The molecule has 1 amide bonds. The summed E-state index contributed by atoms with van der Waals surface area (Å²) in [6.45, 7) is 0. The molecule has 3 aromatic heterocycles. The van der Waals surface area contributed by atoms with Gasteiger partial charge in [0.25, 0.3) is 5.91 Å². The minimum absolute atomic E-state index is 0.290. The maximum Gasteiger partial charge on any atom is 0.259 e. The van der Waals surface area contributed by atoms with Crippen LogP contribution in [0, 0.1) is 0 Å². The molecule has 162 valence electrons. The highest BCUT2D eigenvalue weighted by atomic mass is 35.5. The van der Waals surface area contributed by atoms with E-state index in [-0.39, 0.29) is 5.91 Å². The van der Waals surface area contributed by atoms with Crippen molar-refractivity contribution in [1.29, 1.82) is 0 Å². The Bertz CT molecular complexity index is 1450. The third-order valence-electron chi connectivity index (χ3n) is 5.06. The number of benzene rings is 2. The number of ether oxygens (including phenoxy) is 1. The average Bonchev–Trinajstić information content (AvgIpc) is 3.26. The summed E-state index contributed by atoms with van der Waals surface area (Å²) in [6, 6.07) is 18.6. The van der Waals surface area contributed by atoms with E-state index in [4.69, 9.17) is 16.3 Å². The van der Waals surface area contributed by atoms with Crippen molar-refractivity contribution < 1.29 is 9.53 Å². The van der Waals surface area contributed by atoms with Crippen molar-refractivity contribution in [2.24, 2.45) is 0 Å². The fourth-order valence-electron chi connectivity index (χ4n) is 3.42. The maximum atomic E-state index is 13.0. The van der Waals surface area contributed by atoms with Gasteiger partial charge in [-0.25, -0.2) is 4.98 Å². The molecular weight excluding hydrogens is 456 g/mol. The van der Waals surface area contributed by atoms with E-state index < -0.39 is 0 Å². The normalized spacial score (nSPS) is 10.8. The van der Waals surface area contributed by atoms with Crippen LogP contribution in [-0.4, -0.2) is 28.0 Å². The number of carbonyl (C=O) groups is 1. The van der Waals surface area contributed by atoms with Crippen molar-refractivity contribution in [3.8, 4) is 28.1 Å². The zero-order chi connectivity index (χ0) is 22.8. The summed E-state index contributed by atoms with van der Waals surface area (Å²) < 4.78 is 6.19. The van der Waals surface area contributed by atoms with Gasteiger partial charge in [-0.1, -0.05) is 41.1 Å². The lowest BCUT2D eigenvalue weighted by atomic mass is 9.99. The number of pyridine rings is 2. The van der Waals surface area contributed by atoms with Gasteiger partial charge in [0.05, 0.1) is 28.6 Å². The molecule has 0 saturated heterocycles. The number of rotatable bonds is 5. The lowest BCUT2D eigenvalue weighted by Crippen LogP contribution is -2.12. The van der Waals surface area contributed by atoms with Gasteiger partial charge < -0.3 is 4.74 Å². The highest BCUT2D eigenvalue weighted by molar-refractivity contribution is 7.22. The summed E-state index contributed by atoms with van der Waals surface area (Å²) in [4.78, 5) is 26.4. The molecular formula is C25H17ClN4O2S. The van der Waals surface area contributed by atoms with Crippen LogP contribution in [-0.2, 0) is 0 Å². The molecule has 2 aromatic carbocycles. The predicted molar refractivity (Wildman–Crippen MR) is 132 cm³/mol. The predicted octanol–water partition coefficient (Wildman–Crippen LogP) is 6.33. The van der Waals surface area contributed by atoms with Crippen LogP contribution in [0.1, 0.15) is 10.4 Å². The molecule has 1 N–H and O–H groups in total. The minimum atomic E-state index is -0.290. The zero-order valence-corrected chi connectivity index (χ0v) is 19.0. The third-order valence-corrected chi connectivity index (χ3v) is 6.24. The molecule has 6 nitrogen and oxygen atoms in total. The molecule has 5 rings (SSSR count). The van der Waals surface area contributed by atoms with Crippen molar-refractivity contribution in [3.05, 3.63) is 89.8 Å². The number of halogens is 1. The van der Waals surface area contributed by atoms with E-state index in [0.717, 1.165) is 38.4 Å². The fourth-order valence-corrected chi connectivity index (χ4v) is 4.44. The molecule has 5 aromatic rings. The Morgan fingerprint density at radius 1 is 1.03 bits per heavy atom. The van der Waals surface area contributed by atoms with E-state index in [2.05, 4.69) is 20.3 Å². The second-order valence-corrected chi connectivity index (χ2v) is 8.64. The van der Waals surface area contributed by atoms with E-state index in [9.17, 15) is 4.79 Å². The summed E-state index contributed by atoms with van der Waals surface area (Å²) in [5, 5.41) is 4.04. The summed E-state index contributed by atoms with van der Waals surface area (Å²) in [5.41, 5.74) is 4.50. The van der Waals surface area contributed by atoms with Gasteiger partial charge in [-0.3, -0.25) is 20.1 Å². The Kier molecular flexibility index (Phi) is 5.73. The number of nitrogens with one attached hydrogen (secondary N) is 1. The lowest BCUT2D eigenvalue weighted by Gasteiger charge is -2.11. The molecule has 0 aliphatic carbocycles. The molecule has 0 aliphatic rings. The number of hydrogen-bond donors (Lipinski definition) is 1.